The minimum absolute atomic E-state index is 0.0872. The van der Waals surface area contributed by atoms with Gasteiger partial charge in [-0.1, -0.05) is 11.3 Å². The molecule has 1 aliphatic rings. The predicted octanol–water partition coefficient (Wildman–Crippen LogP) is 0.887. The summed E-state index contributed by atoms with van der Waals surface area (Å²) in [7, 11) is 1.60. The lowest BCUT2D eigenvalue weighted by molar-refractivity contribution is -0.117. The number of amides is 1. The first-order valence-electron chi connectivity index (χ1n) is 7.40. The van der Waals surface area contributed by atoms with Gasteiger partial charge in [-0.15, -0.1) is 10.2 Å². The van der Waals surface area contributed by atoms with Crippen molar-refractivity contribution in [2.45, 2.75) is 32.4 Å². The van der Waals surface area contributed by atoms with Crippen molar-refractivity contribution in [2.24, 2.45) is 0 Å². The van der Waals surface area contributed by atoms with Gasteiger partial charge in [0.15, 0.2) is 5.82 Å². The molecule has 2 aromatic rings. The first kappa shape index (κ1) is 16.0. The number of rotatable bonds is 6. The Morgan fingerprint density at radius 1 is 1.52 bits per heavy atom. The minimum Gasteiger partial charge on any atom is -0.377 e. The average Bonchev–Trinajstić information content (AvgIpc) is 3.21. The van der Waals surface area contributed by atoms with E-state index in [-0.39, 0.29) is 18.5 Å². The molecule has 0 radical (unpaired) electrons. The standard InChI is InChI=1S/C13H19N7O2S/c1-8-14-12(18-16-8)9-4-3-5-20(9)6-10(21)15-13-19-17-11(23-13)7-22-2/h9H,3-7H2,1-2H3,(H,14,16,18)(H,15,19,21)/t9-/m0/s1. The lowest BCUT2D eigenvalue weighted by atomic mass is 10.2. The number of likely N-dealkylation sites (tertiary alicyclic amines) is 1. The number of methoxy groups -OCH3 is 1. The highest BCUT2D eigenvalue weighted by atomic mass is 32.1. The SMILES string of the molecule is COCc1nnc(NC(=O)CN2CCC[C@H]2c2n[nH]c(C)n2)s1. The van der Waals surface area contributed by atoms with E-state index in [0.717, 1.165) is 36.0 Å². The highest BCUT2D eigenvalue weighted by molar-refractivity contribution is 7.15. The smallest absolute Gasteiger partial charge is 0.240 e. The zero-order chi connectivity index (χ0) is 16.2. The van der Waals surface area contributed by atoms with E-state index in [9.17, 15) is 4.79 Å². The topological polar surface area (TPSA) is 109 Å². The molecule has 1 amide bonds. The Hall–Kier alpha value is -1.91. The van der Waals surface area contributed by atoms with Crippen molar-refractivity contribution in [1.29, 1.82) is 0 Å². The van der Waals surface area contributed by atoms with Gasteiger partial charge in [0.2, 0.25) is 11.0 Å². The third-order valence-electron chi connectivity index (χ3n) is 3.60. The molecule has 0 saturated carbocycles. The maximum atomic E-state index is 12.2. The number of ether oxygens (including phenoxy) is 1. The van der Waals surface area contributed by atoms with Crippen LogP contribution in [0.1, 0.15) is 35.5 Å². The van der Waals surface area contributed by atoms with Crippen molar-refractivity contribution in [3.63, 3.8) is 0 Å². The number of hydrogen-bond acceptors (Lipinski definition) is 8. The van der Waals surface area contributed by atoms with Crippen LogP contribution in [0.3, 0.4) is 0 Å². The van der Waals surface area contributed by atoms with Gasteiger partial charge in [0.1, 0.15) is 17.4 Å². The molecule has 23 heavy (non-hydrogen) atoms. The molecule has 0 aromatic carbocycles. The number of anilines is 1. The number of aromatic amines is 1. The van der Waals surface area contributed by atoms with Crippen LogP contribution < -0.4 is 5.32 Å². The third-order valence-corrected chi connectivity index (χ3v) is 4.42. The number of aryl methyl sites for hydroxylation is 1. The van der Waals surface area contributed by atoms with Gasteiger partial charge in [-0.3, -0.25) is 20.1 Å². The summed E-state index contributed by atoms with van der Waals surface area (Å²) in [5, 5.41) is 19.0. The molecule has 1 fully saturated rings. The molecular formula is C13H19N7O2S. The lowest BCUT2D eigenvalue weighted by Gasteiger charge is -2.20. The molecule has 3 heterocycles. The van der Waals surface area contributed by atoms with Gasteiger partial charge in [-0.2, -0.15) is 5.10 Å². The Morgan fingerprint density at radius 2 is 2.39 bits per heavy atom. The lowest BCUT2D eigenvalue weighted by Crippen LogP contribution is -2.33. The average molecular weight is 337 g/mol. The number of hydrogen-bond donors (Lipinski definition) is 2. The monoisotopic (exact) mass is 337 g/mol. The second-order valence-corrected chi connectivity index (χ2v) is 6.45. The second kappa shape index (κ2) is 7.11. The summed E-state index contributed by atoms with van der Waals surface area (Å²) < 4.78 is 4.99. The summed E-state index contributed by atoms with van der Waals surface area (Å²) in [5.74, 6) is 1.44. The largest absolute Gasteiger partial charge is 0.377 e. The summed E-state index contributed by atoms with van der Waals surface area (Å²) in [5.41, 5.74) is 0. The fourth-order valence-corrected chi connectivity index (χ4v) is 3.37. The van der Waals surface area contributed by atoms with Gasteiger partial charge in [0, 0.05) is 7.11 Å². The fourth-order valence-electron chi connectivity index (χ4n) is 2.65. The van der Waals surface area contributed by atoms with Crippen LogP contribution in [0.25, 0.3) is 0 Å². The minimum atomic E-state index is -0.107. The van der Waals surface area contributed by atoms with Crippen LogP contribution in [0.2, 0.25) is 0 Å². The van der Waals surface area contributed by atoms with Crippen molar-refractivity contribution in [1.82, 2.24) is 30.3 Å². The van der Waals surface area contributed by atoms with Crippen molar-refractivity contribution in [3.05, 3.63) is 16.7 Å². The Kier molecular flexibility index (Phi) is 4.94. The van der Waals surface area contributed by atoms with E-state index < -0.39 is 0 Å². The Balaban J connectivity index is 1.58. The van der Waals surface area contributed by atoms with Crippen LogP contribution in [-0.4, -0.2) is 56.4 Å². The highest BCUT2D eigenvalue weighted by Gasteiger charge is 2.30. The number of H-pyrrole nitrogens is 1. The molecule has 0 spiro atoms. The number of carbonyl (C=O) groups is 1. The number of nitrogens with one attached hydrogen (secondary N) is 2. The molecule has 2 aromatic heterocycles. The molecule has 10 heteroatoms. The zero-order valence-electron chi connectivity index (χ0n) is 13.1. The van der Waals surface area contributed by atoms with E-state index in [1.54, 1.807) is 7.11 Å². The summed E-state index contributed by atoms with van der Waals surface area (Å²) in [4.78, 5) is 18.7. The Labute approximate surface area is 137 Å². The molecule has 2 N–H and O–H groups in total. The molecule has 1 atom stereocenters. The summed E-state index contributed by atoms with van der Waals surface area (Å²) >= 11 is 1.32. The molecule has 0 bridgehead atoms. The van der Waals surface area contributed by atoms with E-state index in [1.165, 1.54) is 11.3 Å². The first-order chi connectivity index (χ1) is 11.2. The van der Waals surface area contributed by atoms with E-state index in [1.807, 2.05) is 6.92 Å². The van der Waals surface area contributed by atoms with Crippen LogP contribution in [0.15, 0.2) is 0 Å². The number of aromatic nitrogens is 5. The summed E-state index contributed by atoms with van der Waals surface area (Å²) in [6, 6.07) is 0.0872. The van der Waals surface area contributed by atoms with Crippen molar-refractivity contribution >= 4 is 22.4 Å². The van der Waals surface area contributed by atoms with E-state index in [2.05, 4.69) is 35.6 Å². The maximum Gasteiger partial charge on any atom is 0.240 e. The van der Waals surface area contributed by atoms with Crippen molar-refractivity contribution < 1.29 is 9.53 Å². The molecule has 0 aliphatic carbocycles. The highest BCUT2D eigenvalue weighted by Crippen LogP contribution is 2.29. The zero-order valence-corrected chi connectivity index (χ0v) is 13.9. The third kappa shape index (κ3) is 3.89. The first-order valence-corrected chi connectivity index (χ1v) is 8.21. The van der Waals surface area contributed by atoms with Gasteiger partial charge in [0.05, 0.1) is 12.6 Å². The Morgan fingerprint density at radius 3 is 3.13 bits per heavy atom. The van der Waals surface area contributed by atoms with Gasteiger partial charge in [-0.25, -0.2) is 4.98 Å². The van der Waals surface area contributed by atoms with Gasteiger partial charge in [-0.05, 0) is 26.3 Å². The number of carbonyl (C=O) groups excluding carboxylic acids is 1. The van der Waals surface area contributed by atoms with Crippen LogP contribution in [-0.2, 0) is 16.1 Å². The van der Waals surface area contributed by atoms with Crippen LogP contribution in [0.4, 0.5) is 5.13 Å². The maximum absolute atomic E-state index is 12.2. The Bertz CT molecular complexity index is 671. The number of nitrogens with zero attached hydrogens (tertiary/aromatic N) is 5. The quantitative estimate of drug-likeness (QED) is 0.805. The van der Waals surface area contributed by atoms with Crippen LogP contribution in [0.5, 0.6) is 0 Å². The predicted molar refractivity (Wildman–Crippen MR) is 83.9 cm³/mol. The van der Waals surface area contributed by atoms with Crippen LogP contribution in [0, 0.1) is 6.92 Å². The molecular weight excluding hydrogens is 318 g/mol. The molecule has 1 saturated heterocycles. The summed E-state index contributed by atoms with van der Waals surface area (Å²) in [6.07, 6.45) is 1.99. The van der Waals surface area contributed by atoms with E-state index in [4.69, 9.17) is 4.74 Å². The van der Waals surface area contributed by atoms with E-state index in [0.29, 0.717) is 11.7 Å². The normalized spacial score (nSPS) is 18.4. The van der Waals surface area contributed by atoms with Gasteiger partial charge < -0.3 is 4.74 Å². The van der Waals surface area contributed by atoms with Crippen LogP contribution >= 0.6 is 11.3 Å². The van der Waals surface area contributed by atoms with Crippen molar-refractivity contribution in [3.8, 4) is 0 Å². The fraction of sp³-hybridized carbons (Fsp3) is 0.615. The van der Waals surface area contributed by atoms with Gasteiger partial charge >= 0.3 is 0 Å². The second-order valence-electron chi connectivity index (χ2n) is 5.39. The molecule has 3 rings (SSSR count). The molecule has 0 unspecified atom stereocenters. The van der Waals surface area contributed by atoms with Crippen molar-refractivity contribution in [2.75, 3.05) is 25.5 Å². The van der Waals surface area contributed by atoms with E-state index >= 15 is 0 Å². The molecule has 124 valence electrons. The molecule has 9 nitrogen and oxygen atoms in total. The summed E-state index contributed by atoms with van der Waals surface area (Å²) in [6.45, 7) is 3.41. The molecule has 1 aliphatic heterocycles. The van der Waals surface area contributed by atoms with Gasteiger partial charge in [0.25, 0.3) is 0 Å².